The Morgan fingerprint density at radius 2 is 1.79 bits per heavy atom. The number of anilines is 1. The van der Waals surface area contributed by atoms with Gasteiger partial charge in [0.15, 0.2) is 12.4 Å². The molecule has 2 aromatic rings. The van der Waals surface area contributed by atoms with E-state index in [1.54, 1.807) is 29.2 Å². The summed E-state index contributed by atoms with van der Waals surface area (Å²) in [5.41, 5.74) is 2.51. The van der Waals surface area contributed by atoms with Crippen LogP contribution in [0, 0.1) is 5.92 Å². The summed E-state index contributed by atoms with van der Waals surface area (Å²) >= 11 is 3.31. The van der Waals surface area contributed by atoms with Crippen molar-refractivity contribution in [1.82, 2.24) is 0 Å². The maximum atomic E-state index is 12.4. The number of esters is 1. The molecule has 3 rings (SSSR count). The zero-order chi connectivity index (χ0) is 20.8. The normalized spacial score (nSPS) is 16.1. The Morgan fingerprint density at radius 3 is 2.45 bits per heavy atom. The fourth-order valence-electron chi connectivity index (χ4n) is 3.31. The van der Waals surface area contributed by atoms with Crippen molar-refractivity contribution in [3.8, 4) is 0 Å². The van der Waals surface area contributed by atoms with E-state index in [0.717, 1.165) is 29.4 Å². The summed E-state index contributed by atoms with van der Waals surface area (Å²) in [6.45, 7) is 2.11. The van der Waals surface area contributed by atoms with Crippen molar-refractivity contribution in [2.24, 2.45) is 5.92 Å². The lowest BCUT2D eigenvalue weighted by Crippen LogP contribution is -2.27. The molecule has 152 valence electrons. The standard InChI is InChI=1S/C23H24BrNO4/c1-2-3-4-16-5-11-20(12-6-16)25-14-18(13-22(25)27)23(28)29-15-21(26)17-7-9-19(24)10-8-17/h5-12,18H,2-4,13-15H2,1H3. The Labute approximate surface area is 179 Å². The highest BCUT2D eigenvalue weighted by Gasteiger charge is 2.36. The largest absolute Gasteiger partial charge is 0.457 e. The van der Waals surface area contributed by atoms with Gasteiger partial charge in [0.05, 0.1) is 5.92 Å². The number of ether oxygens (including phenoxy) is 1. The SMILES string of the molecule is CCCCc1ccc(N2CC(C(=O)OCC(=O)c3ccc(Br)cc3)CC2=O)cc1. The molecule has 5 nitrogen and oxygen atoms in total. The second-order valence-corrected chi connectivity index (χ2v) is 8.13. The van der Waals surface area contributed by atoms with Crippen molar-refractivity contribution in [2.75, 3.05) is 18.1 Å². The second kappa shape index (κ2) is 9.83. The highest BCUT2D eigenvalue weighted by Crippen LogP contribution is 2.26. The molecule has 6 heteroatoms. The zero-order valence-electron chi connectivity index (χ0n) is 16.4. The number of hydrogen-bond acceptors (Lipinski definition) is 4. The van der Waals surface area contributed by atoms with E-state index in [1.807, 2.05) is 24.3 Å². The van der Waals surface area contributed by atoms with Crippen LogP contribution in [0.2, 0.25) is 0 Å². The molecule has 1 amide bonds. The minimum Gasteiger partial charge on any atom is -0.457 e. The summed E-state index contributed by atoms with van der Waals surface area (Å²) < 4.78 is 6.06. The topological polar surface area (TPSA) is 63.7 Å². The highest BCUT2D eigenvalue weighted by atomic mass is 79.9. The van der Waals surface area contributed by atoms with Crippen LogP contribution < -0.4 is 4.90 Å². The van der Waals surface area contributed by atoms with Crippen LogP contribution in [0.3, 0.4) is 0 Å². The number of Topliss-reactive ketones (excluding diaryl/α,β-unsaturated/α-hetero) is 1. The Balaban J connectivity index is 1.54. The molecule has 0 aliphatic carbocycles. The van der Waals surface area contributed by atoms with Crippen molar-refractivity contribution >= 4 is 39.3 Å². The van der Waals surface area contributed by atoms with Crippen LogP contribution in [0.15, 0.2) is 53.0 Å². The molecule has 0 spiro atoms. The van der Waals surface area contributed by atoms with E-state index in [0.29, 0.717) is 5.56 Å². The number of rotatable bonds is 8. The summed E-state index contributed by atoms with van der Waals surface area (Å²) in [7, 11) is 0. The smallest absolute Gasteiger partial charge is 0.311 e. The zero-order valence-corrected chi connectivity index (χ0v) is 18.0. The Kier molecular flexibility index (Phi) is 7.20. The predicted molar refractivity (Wildman–Crippen MR) is 115 cm³/mol. The summed E-state index contributed by atoms with van der Waals surface area (Å²) in [6.07, 6.45) is 3.39. The van der Waals surface area contributed by atoms with Crippen molar-refractivity contribution in [2.45, 2.75) is 32.6 Å². The van der Waals surface area contributed by atoms with Gasteiger partial charge in [-0.2, -0.15) is 0 Å². The number of nitrogens with zero attached hydrogens (tertiary/aromatic N) is 1. The third kappa shape index (κ3) is 5.54. The molecule has 0 aromatic heterocycles. The molecule has 1 aliphatic heterocycles. The molecule has 2 aromatic carbocycles. The predicted octanol–water partition coefficient (Wildman–Crippen LogP) is 4.57. The second-order valence-electron chi connectivity index (χ2n) is 7.21. The summed E-state index contributed by atoms with van der Waals surface area (Å²) in [5, 5.41) is 0. The van der Waals surface area contributed by atoms with Gasteiger partial charge in [0.2, 0.25) is 5.91 Å². The van der Waals surface area contributed by atoms with Gasteiger partial charge in [-0.15, -0.1) is 0 Å². The van der Waals surface area contributed by atoms with E-state index >= 15 is 0 Å². The summed E-state index contributed by atoms with van der Waals surface area (Å²) in [4.78, 5) is 38.5. The Hall–Kier alpha value is -2.47. The van der Waals surface area contributed by atoms with Crippen molar-refractivity contribution in [3.05, 3.63) is 64.1 Å². The molecule has 0 saturated carbocycles. The van der Waals surface area contributed by atoms with Crippen LogP contribution in [0.1, 0.15) is 42.1 Å². The number of ketones is 1. The van der Waals surface area contributed by atoms with Gasteiger partial charge in [-0.3, -0.25) is 14.4 Å². The molecule has 1 heterocycles. The number of unbranched alkanes of at least 4 members (excludes halogenated alkanes) is 1. The number of carbonyl (C=O) groups excluding carboxylic acids is 3. The molecule has 1 atom stereocenters. The van der Waals surface area contributed by atoms with Crippen LogP contribution in [0.5, 0.6) is 0 Å². The van der Waals surface area contributed by atoms with Crippen LogP contribution >= 0.6 is 15.9 Å². The van der Waals surface area contributed by atoms with Gasteiger partial charge in [0.1, 0.15) is 0 Å². The maximum Gasteiger partial charge on any atom is 0.311 e. The number of carbonyl (C=O) groups is 3. The molecule has 1 aliphatic rings. The lowest BCUT2D eigenvalue weighted by molar-refractivity contribution is -0.147. The van der Waals surface area contributed by atoms with Crippen LogP contribution in [-0.4, -0.2) is 30.8 Å². The van der Waals surface area contributed by atoms with Crippen molar-refractivity contribution in [3.63, 3.8) is 0 Å². The summed E-state index contributed by atoms with van der Waals surface area (Å²) in [5.74, 6) is -1.44. The van der Waals surface area contributed by atoms with Gasteiger partial charge in [-0.25, -0.2) is 0 Å². The average molecular weight is 458 g/mol. The van der Waals surface area contributed by atoms with Crippen molar-refractivity contribution < 1.29 is 19.1 Å². The first-order valence-corrected chi connectivity index (χ1v) is 10.6. The van der Waals surface area contributed by atoms with Gasteiger partial charge in [-0.05, 0) is 42.7 Å². The average Bonchev–Trinajstić information content (AvgIpc) is 3.13. The first-order chi connectivity index (χ1) is 14.0. The molecule has 0 bridgehead atoms. The molecular formula is C23H24BrNO4. The van der Waals surface area contributed by atoms with E-state index in [9.17, 15) is 14.4 Å². The van der Waals surface area contributed by atoms with E-state index < -0.39 is 11.9 Å². The minimum atomic E-state index is -0.556. The minimum absolute atomic E-state index is 0.100. The van der Waals surface area contributed by atoms with E-state index in [-0.39, 0.29) is 31.3 Å². The van der Waals surface area contributed by atoms with Gasteiger partial charge < -0.3 is 9.64 Å². The van der Waals surface area contributed by atoms with Gasteiger partial charge in [0.25, 0.3) is 0 Å². The molecular weight excluding hydrogens is 434 g/mol. The van der Waals surface area contributed by atoms with Gasteiger partial charge in [0, 0.05) is 28.7 Å². The molecule has 1 unspecified atom stereocenters. The number of aryl methyl sites for hydroxylation is 1. The van der Waals surface area contributed by atoms with E-state index in [2.05, 4.69) is 22.9 Å². The number of amides is 1. The van der Waals surface area contributed by atoms with E-state index in [4.69, 9.17) is 4.74 Å². The molecule has 0 radical (unpaired) electrons. The van der Waals surface area contributed by atoms with Crippen LogP contribution in [0.4, 0.5) is 5.69 Å². The lowest BCUT2D eigenvalue weighted by atomic mass is 10.1. The number of benzene rings is 2. The Bertz CT molecular complexity index is 877. The van der Waals surface area contributed by atoms with E-state index in [1.165, 1.54) is 5.56 Å². The van der Waals surface area contributed by atoms with Crippen molar-refractivity contribution in [1.29, 1.82) is 0 Å². The third-order valence-electron chi connectivity index (χ3n) is 5.04. The third-order valence-corrected chi connectivity index (χ3v) is 5.57. The number of hydrogen-bond donors (Lipinski definition) is 0. The first-order valence-electron chi connectivity index (χ1n) is 9.82. The maximum absolute atomic E-state index is 12.4. The molecule has 1 saturated heterocycles. The molecule has 0 N–H and O–H groups in total. The number of halogens is 1. The van der Waals surface area contributed by atoms with Gasteiger partial charge >= 0.3 is 5.97 Å². The molecule has 1 fully saturated rings. The summed E-state index contributed by atoms with van der Waals surface area (Å²) in [6, 6.07) is 14.8. The quantitative estimate of drug-likeness (QED) is 0.430. The highest BCUT2D eigenvalue weighted by molar-refractivity contribution is 9.10. The fourth-order valence-corrected chi connectivity index (χ4v) is 3.58. The monoisotopic (exact) mass is 457 g/mol. The lowest BCUT2D eigenvalue weighted by Gasteiger charge is -2.17. The molecule has 29 heavy (non-hydrogen) atoms. The Morgan fingerprint density at radius 1 is 1.10 bits per heavy atom. The first kappa shape index (κ1) is 21.2. The van der Waals surface area contributed by atoms with Crippen LogP contribution in [0.25, 0.3) is 0 Å². The van der Waals surface area contributed by atoms with Crippen LogP contribution in [-0.2, 0) is 20.7 Å². The van der Waals surface area contributed by atoms with Gasteiger partial charge in [-0.1, -0.05) is 53.5 Å². The fraction of sp³-hybridized carbons (Fsp3) is 0.348.